The van der Waals surface area contributed by atoms with Crippen LogP contribution in [-0.4, -0.2) is 37.7 Å². The maximum Gasteiger partial charge on any atom is 0.254 e. The van der Waals surface area contributed by atoms with Crippen molar-refractivity contribution in [2.75, 3.05) is 20.8 Å². The van der Waals surface area contributed by atoms with Crippen LogP contribution >= 0.6 is 0 Å². The number of hydrogen-bond acceptors (Lipinski definition) is 4. The summed E-state index contributed by atoms with van der Waals surface area (Å²) in [5.41, 5.74) is 3.01. The first-order chi connectivity index (χ1) is 13.7. The molecule has 1 saturated carbocycles. The highest BCUT2D eigenvalue weighted by Crippen LogP contribution is 2.36. The molecule has 0 aromatic heterocycles. The SMILES string of the molecule is COc1cccc(C(=O)N2CCc3cc(OC)c(OC4CCCC4)cc3C2)c1. The number of rotatable bonds is 5. The Hall–Kier alpha value is -2.69. The van der Waals surface area contributed by atoms with Crippen LogP contribution in [0, 0.1) is 0 Å². The van der Waals surface area contributed by atoms with Gasteiger partial charge in [0.15, 0.2) is 11.5 Å². The summed E-state index contributed by atoms with van der Waals surface area (Å²) in [4.78, 5) is 14.9. The zero-order valence-corrected chi connectivity index (χ0v) is 16.6. The molecule has 1 heterocycles. The molecule has 0 unspecified atom stereocenters. The summed E-state index contributed by atoms with van der Waals surface area (Å²) in [6.45, 7) is 1.27. The Bertz CT molecular complexity index is 858. The molecule has 5 heteroatoms. The minimum atomic E-state index is 0.0265. The van der Waals surface area contributed by atoms with Crippen molar-refractivity contribution in [1.29, 1.82) is 0 Å². The Morgan fingerprint density at radius 2 is 1.79 bits per heavy atom. The molecule has 28 heavy (non-hydrogen) atoms. The summed E-state index contributed by atoms with van der Waals surface area (Å²) < 4.78 is 17.1. The van der Waals surface area contributed by atoms with E-state index in [4.69, 9.17) is 14.2 Å². The second-order valence-corrected chi connectivity index (χ2v) is 7.50. The van der Waals surface area contributed by atoms with E-state index < -0.39 is 0 Å². The van der Waals surface area contributed by atoms with Gasteiger partial charge in [-0.1, -0.05) is 6.07 Å². The summed E-state index contributed by atoms with van der Waals surface area (Å²) in [6, 6.07) is 11.5. The molecule has 4 rings (SSSR count). The molecule has 2 aromatic carbocycles. The molecular weight excluding hydrogens is 354 g/mol. The van der Waals surface area contributed by atoms with Crippen LogP contribution < -0.4 is 14.2 Å². The van der Waals surface area contributed by atoms with Crippen LogP contribution in [0.1, 0.15) is 47.2 Å². The minimum Gasteiger partial charge on any atom is -0.497 e. The molecule has 0 atom stereocenters. The van der Waals surface area contributed by atoms with Gasteiger partial charge < -0.3 is 19.1 Å². The normalized spacial score (nSPS) is 16.6. The average Bonchev–Trinajstić information content (AvgIpc) is 3.25. The Morgan fingerprint density at radius 1 is 1.00 bits per heavy atom. The summed E-state index contributed by atoms with van der Waals surface area (Å²) in [5.74, 6) is 2.31. The highest BCUT2D eigenvalue weighted by Gasteiger charge is 2.25. The number of fused-ring (bicyclic) bond motifs is 1. The van der Waals surface area contributed by atoms with Crippen molar-refractivity contribution in [1.82, 2.24) is 4.90 Å². The van der Waals surface area contributed by atoms with Crippen molar-refractivity contribution in [3.63, 3.8) is 0 Å². The van der Waals surface area contributed by atoms with Gasteiger partial charge in [0.05, 0.1) is 20.3 Å². The summed E-state index contributed by atoms with van der Waals surface area (Å²) in [6.07, 6.45) is 5.72. The molecule has 2 aliphatic rings. The molecule has 1 aliphatic heterocycles. The fourth-order valence-electron chi connectivity index (χ4n) is 4.11. The molecule has 0 N–H and O–H groups in total. The predicted molar refractivity (Wildman–Crippen MR) is 107 cm³/mol. The third-order valence-corrected chi connectivity index (χ3v) is 5.70. The number of hydrogen-bond donors (Lipinski definition) is 0. The van der Waals surface area contributed by atoms with Crippen molar-refractivity contribution in [3.05, 3.63) is 53.1 Å². The molecule has 0 radical (unpaired) electrons. The highest BCUT2D eigenvalue weighted by atomic mass is 16.5. The fourth-order valence-corrected chi connectivity index (χ4v) is 4.11. The van der Waals surface area contributed by atoms with E-state index in [9.17, 15) is 4.79 Å². The Kier molecular flexibility index (Phi) is 5.42. The van der Waals surface area contributed by atoms with Crippen LogP contribution in [0.25, 0.3) is 0 Å². The lowest BCUT2D eigenvalue weighted by Gasteiger charge is -2.30. The number of methoxy groups -OCH3 is 2. The zero-order chi connectivity index (χ0) is 19.5. The van der Waals surface area contributed by atoms with Crippen LogP contribution in [0.4, 0.5) is 0 Å². The lowest BCUT2D eigenvalue weighted by atomic mass is 9.98. The van der Waals surface area contributed by atoms with E-state index in [0.29, 0.717) is 24.4 Å². The highest BCUT2D eigenvalue weighted by molar-refractivity contribution is 5.94. The van der Waals surface area contributed by atoms with E-state index >= 15 is 0 Å². The molecular formula is C23H27NO4. The fraction of sp³-hybridized carbons (Fsp3) is 0.435. The van der Waals surface area contributed by atoms with Gasteiger partial charge in [-0.3, -0.25) is 4.79 Å². The van der Waals surface area contributed by atoms with Gasteiger partial charge in [-0.25, -0.2) is 0 Å². The first kappa shape index (κ1) is 18.7. The molecule has 1 aliphatic carbocycles. The third-order valence-electron chi connectivity index (χ3n) is 5.70. The predicted octanol–water partition coefficient (Wildman–Crippen LogP) is 4.22. The molecule has 0 saturated heterocycles. The summed E-state index contributed by atoms with van der Waals surface area (Å²) in [5, 5.41) is 0. The Labute approximate surface area is 166 Å². The van der Waals surface area contributed by atoms with Gasteiger partial charge in [-0.05, 0) is 73.6 Å². The van der Waals surface area contributed by atoms with Crippen LogP contribution in [0.15, 0.2) is 36.4 Å². The average molecular weight is 381 g/mol. The number of carbonyl (C=O) groups excluding carboxylic acids is 1. The Balaban J connectivity index is 1.55. The Morgan fingerprint density at radius 3 is 2.54 bits per heavy atom. The van der Waals surface area contributed by atoms with Crippen molar-refractivity contribution in [2.24, 2.45) is 0 Å². The largest absolute Gasteiger partial charge is 0.497 e. The van der Waals surface area contributed by atoms with Gasteiger partial charge in [-0.2, -0.15) is 0 Å². The van der Waals surface area contributed by atoms with E-state index in [0.717, 1.165) is 36.3 Å². The molecule has 0 spiro atoms. The van der Waals surface area contributed by atoms with E-state index in [1.165, 1.54) is 18.4 Å². The second kappa shape index (κ2) is 8.13. The third kappa shape index (κ3) is 3.79. The topological polar surface area (TPSA) is 48.0 Å². The maximum absolute atomic E-state index is 13.0. The monoisotopic (exact) mass is 381 g/mol. The first-order valence-electron chi connectivity index (χ1n) is 9.97. The van der Waals surface area contributed by atoms with Crippen LogP contribution in [-0.2, 0) is 13.0 Å². The molecule has 5 nitrogen and oxygen atoms in total. The minimum absolute atomic E-state index is 0.0265. The maximum atomic E-state index is 13.0. The smallest absolute Gasteiger partial charge is 0.254 e. The molecule has 1 amide bonds. The molecule has 1 fully saturated rings. The number of benzene rings is 2. The van der Waals surface area contributed by atoms with Gasteiger partial charge >= 0.3 is 0 Å². The van der Waals surface area contributed by atoms with Crippen molar-refractivity contribution < 1.29 is 19.0 Å². The van der Waals surface area contributed by atoms with Gasteiger partial charge in [0.1, 0.15) is 5.75 Å². The first-order valence-corrected chi connectivity index (χ1v) is 9.97. The lowest BCUT2D eigenvalue weighted by Crippen LogP contribution is -2.36. The zero-order valence-electron chi connectivity index (χ0n) is 16.6. The van der Waals surface area contributed by atoms with E-state index in [1.54, 1.807) is 20.3 Å². The molecule has 2 aromatic rings. The van der Waals surface area contributed by atoms with Gasteiger partial charge in [0, 0.05) is 18.7 Å². The van der Waals surface area contributed by atoms with Crippen LogP contribution in [0.5, 0.6) is 17.2 Å². The second-order valence-electron chi connectivity index (χ2n) is 7.50. The van der Waals surface area contributed by atoms with E-state index in [1.807, 2.05) is 23.1 Å². The number of ether oxygens (including phenoxy) is 3. The van der Waals surface area contributed by atoms with E-state index in [2.05, 4.69) is 12.1 Å². The van der Waals surface area contributed by atoms with E-state index in [-0.39, 0.29) is 12.0 Å². The van der Waals surface area contributed by atoms with Crippen LogP contribution in [0.3, 0.4) is 0 Å². The molecule has 148 valence electrons. The van der Waals surface area contributed by atoms with Crippen molar-refractivity contribution in [2.45, 2.75) is 44.8 Å². The quantitative estimate of drug-likeness (QED) is 0.778. The molecule has 0 bridgehead atoms. The van der Waals surface area contributed by atoms with Crippen molar-refractivity contribution in [3.8, 4) is 17.2 Å². The number of nitrogens with zero attached hydrogens (tertiary/aromatic N) is 1. The van der Waals surface area contributed by atoms with Crippen molar-refractivity contribution >= 4 is 5.91 Å². The number of carbonyl (C=O) groups is 1. The summed E-state index contributed by atoms with van der Waals surface area (Å²) >= 11 is 0. The van der Waals surface area contributed by atoms with Gasteiger partial charge in [0.2, 0.25) is 0 Å². The van der Waals surface area contributed by atoms with Gasteiger partial charge in [0.25, 0.3) is 5.91 Å². The number of amides is 1. The van der Waals surface area contributed by atoms with Crippen LogP contribution in [0.2, 0.25) is 0 Å². The summed E-state index contributed by atoms with van der Waals surface area (Å²) in [7, 11) is 3.30. The van der Waals surface area contributed by atoms with Gasteiger partial charge in [-0.15, -0.1) is 0 Å². The standard InChI is InChI=1S/C23H27NO4/c1-26-20-9-5-6-17(12-20)23(25)24-11-10-16-13-21(27-2)22(14-18(16)15-24)28-19-7-3-4-8-19/h5-6,9,12-14,19H,3-4,7-8,10-11,15H2,1-2H3. The lowest BCUT2D eigenvalue weighted by molar-refractivity contribution is 0.0733.